The van der Waals surface area contributed by atoms with Gasteiger partial charge in [-0.3, -0.25) is 9.69 Å². The highest BCUT2D eigenvalue weighted by molar-refractivity contribution is 5.94. The third-order valence-corrected chi connectivity index (χ3v) is 3.97. The lowest BCUT2D eigenvalue weighted by atomic mass is 9.97. The minimum absolute atomic E-state index is 0.197. The molecule has 1 aromatic rings. The molecule has 0 aliphatic carbocycles. The van der Waals surface area contributed by atoms with Gasteiger partial charge in [0.25, 0.3) is 0 Å². The van der Waals surface area contributed by atoms with Gasteiger partial charge >= 0.3 is 0 Å². The molecule has 1 fully saturated rings. The number of para-hydroxylation sites is 1. The number of hydrogen-bond donors (Lipinski definition) is 2. The number of rotatable bonds is 4. The standard InChI is InChI=1S/C15H21FN2O2/c1-11(18-8-6-12(10-19)7-9-18)15(20)17-14-5-3-2-4-13(14)16/h2-5,11-12,19H,6-10H2,1H3,(H,17,20). The summed E-state index contributed by atoms with van der Waals surface area (Å²) in [5, 5.41) is 11.7. The van der Waals surface area contributed by atoms with E-state index in [2.05, 4.69) is 10.2 Å². The molecule has 0 saturated carbocycles. The number of amides is 1. The number of benzene rings is 1. The van der Waals surface area contributed by atoms with Gasteiger partial charge in [-0.25, -0.2) is 4.39 Å². The molecular formula is C15H21FN2O2. The van der Waals surface area contributed by atoms with Gasteiger partial charge in [0.05, 0.1) is 11.7 Å². The number of nitrogens with one attached hydrogen (secondary N) is 1. The van der Waals surface area contributed by atoms with Crippen LogP contribution in [0.2, 0.25) is 0 Å². The van der Waals surface area contributed by atoms with E-state index in [4.69, 9.17) is 5.11 Å². The first-order valence-electron chi connectivity index (χ1n) is 7.02. The summed E-state index contributed by atoms with van der Waals surface area (Å²) in [6.07, 6.45) is 1.79. The van der Waals surface area contributed by atoms with Crippen molar-refractivity contribution in [1.29, 1.82) is 0 Å². The van der Waals surface area contributed by atoms with Crippen molar-refractivity contribution in [3.63, 3.8) is 0 Å². The monoisotopic (exact) mass is 280 g/mol. The van der Waals surface area contributed by atoms with E-state index in [1.54, 1.807) is 18.2 Å². The Balaban J connectivity index is 1.91. The first-order valence-corrected chi connectivity index (χ1v) is 7.02. The second kappa shape index (κ2) is 6.81. The van der Waals surface area contributed by atoms with Gasteiger partial charge in [-0.1, -0.05) is 12.1 Å². The molecule has 2 rings (SSSR count). The number of anilines is 1. The average Bonchev–Trinajstić information content (AvgIpc) is 2.49. The van der Waals surface area contributed by atoms with Crippen LogP contribution in [0.5, 0.6) is 0 Å². The number of nitrogens with zero attached hydrogens (tertiary/aromatic N) is 1. The predicted molar refractivity (Wildman–Crippen MR) is 75.9 cm³/mol. The van der Waals surface area contributed by atoms with Gasteiger partial charge in [0.15, 0.2) is 0 Å². The molecule has 0 bridgehead atoms. The maximum Gasteiger partial charge on any atom is 0.241 e. The fourth-order valence-corrected chi connectivity index (χ4v) is 2.49. The Morgan fingerprint density at radius 1 is 1.45 bits per heavy atom. The summed E-state index contributed by atoms with van der Waals surface area (Å²) in [4.78, 5) is 14.2. The Morgan fingerprint density at radius 2 is 2.10 bits per heavy atom. The molecule has 2 N–H and O–H groups in total. The average molecular weight is 280 g/mol. The maximum atomic E-state index is 13.5. The van der Waals surface area contributed by atoms with Crippen molar-refractivity contribution in [2.45, 2.75) is 25.8 Å². The molecule has 1 aliphatic heterocycles. The number of carbonyl (C=O) groups is 1. The topological polar surface area (TPSA) is 52.6 Å². The van der Waals surface area contributed by atoms with Gasteiger partial charge in [-0.05, 0) is 50.9 Å². The van der Waals surface area contributed by atoms with Crippen molar-refractivity contribution >= 4 is 11.6 Å². The molecule has 0 aromatic heterocycles. The SMILES string of the molecule is CC(C(=O)Nc1ccccc1F)N1CCC(CO)CC1. The van der Waals surface area contributed by atoms with Crippen LogP contribution in [-0.2, 0) is 4.79 Å². The lowest BCUT2D eigenvalue weighted by Crippen LogP contribution is -2.46. The summed E-state index contributed by atoms with van der Waals surface area (Å²) in [5.74, 6) is -0.280. The van der Waals surface area contributed by atoms with E-state index in [0.29, 0.717) is 5.92 Å². The van der Waals surface area contributed by atoms with E-state index in [-0.39, 0.29) is 24.2 Å². The van der Waals surface area contributed by atoms with Crippen LogP contribution in [0.1, 0.15) is 19.8 Å². The minimum atomic E-state index is -0.424. The molecule has 1 atom stereocenters. The van der Waals surface area contributed by atoms with Crippen LogP contribution < -0.4 is 5.32 Å². The normalized spacial score (nSPS) is 18.8. The van der Waals surface area contributed by atoms with Crippen LogP contribution in [0.15, 0.2) is 24.3 Å². The highest BCUT2D eigenvalue weighted by atomic mass is 19.1. The number of halogens is 1. The number of aliphatic hydroxyl groups excluding tert-OH is 1. The highest BCUT2D eigenvalue weighted by Crippen LogP contribution is 2.19. The molecule has 5 heteroatoms. The van der Waals surface area contributed by atoms with E-state index in [1.807, 2.05) is 6.92 Å². The molecule has 0 spiro atoms. The summed E-state index contributed by atoms with van der Waals surface area (Å²) in [7, 11) is 0. The quantitative estimate of drug-likeness (QED) is 0.885. The highest BCUT2D eigenvalue weighted by Gasteiger charge is 2.26. The molecule has 1 heterocycles. The van der Waals surface area contributed by atoms with Gasteiger partial charge in [-0.2, -0.15) is 0 Å². The molecule has 1 unspecified atom stereocenters. The molecule has 20 heavy (non-hydrogen) atoms. The second-order valence-corrected chi connectivity index (χ2v) is 5.31. The van der Waals surface area contributed by atoms with Crippen molar-refractivity contribution in [3.05, 3.63) is 30.1 Å². The van der Waals surface area contributed by atoms with E-state index < -0.39 is 5.82 Å². The van der Waals surface area contributed by atoms with Gasteiger partial charge in [-0.15, -0.1) is 0 Å². The van der Waals surface area contributed by atoms with Crippen molar-refractivity contribution in [2.24, 2.45) is 5.92 Å². The molecule has 0 radical (unpaired) electrons. The van der Waals surface area contributed by atoms with Gasteiger partial charge < -0.3 is 10.4 Å². The van der Waals surface area contributed by atoms with Crippen LogP contribution in [0.25, 0.3) is 0 Å². The zero-order chi connectivity index (χ0) is 14.5. The molecule has 4 nitrogen and oxygen atoms in total. The van der Waals surface area contributed by atoms with Gasteiger partial charge in [0.2, 0.25) is 5.91 Å². The van der Waals surface area contributed by atoms with E-state index in [1.165, 1.54) is 6.07 Å². The van der Waals surface area contributed by atoms with E-state index in [9.17, 15) is 9.18 Å². The zero-order valence-corrected chi connectivity index (χ0v) is 11.7. The third-order valence-electron chi connectivity index (χ3n) is 3.97. The predicted octanol–water partition coefficient (Wildman–Crippen LogP) is 1.86. The third kappa shape index (κ3) is 3.55. The number of hydrogen-bond acceptors (Lipinski definition) is 3. The number of aliphatic hydroxyl groups is 1. The Labute approximate surface area is 118 Å². The lowest BCUT2D eigenvalue weighted by molar-refractivity contribution is -0.121. The number of carbonyl (C=O) groups excluding carboxylic acids is 1. The van der Waals surface area contributed by atoms with Crippen LogP contribution >= 0.6 is 0 Å². The molecule has 110 valence electrons. The molecule has 1 saturated heterocycles. The molecular weight excluding hydrogens is 259 g/mol. The number of likely N-dealkylation sites (tertiary alicyclic amines) is 1. The Morgan fingerprint density at radius 3 is 2.70 bits per heavy atom. The summed E-state index contributed by atoms with van der Waals surface area (Å²) >= 11 is 0. The fourth-order valence-electron chi connectivity index (χ4n) is 2.49. The first kappa shape index (κ1) is 14.9. The van der Waals surface area contributed by atoms with Crippen LogP contribution in [-0.4, -0.2) is 41.7 Å². The van der Waals surface area contributed by atoms with Crippen molar-refractivity contribution < 1.29 is 14.3 Å². The van der Waals surface area contributed by atoms with Gasteiger partial charge in [0.1, 0.15) is 5.82 Å². The summed E-state index contributed by atoms with van der Waals surface area (Å²) in [6.45, 7) is 3.62. The summed E-state index contributed by atoms with van der Waals surface area (Å²) in [6, 6.07) is 5.86. The van der Waals surface area contributed by atoms with Crippen LogP contribution in [0, 0.1) is 11.7 Å². The van der Waals surface area contributed by atoms with Crippen LogP contribution in [0.3, 0.4) is 0 Å². The van der Waals surface area contributed by atoms with Gasteiger partial charge in [0, 0.05) is 6.61 Å². The van der Waals surface area contributed by atoms with Crippen LogP contribution in [0.4, 0.5) is 10.1 Å². The smallest absolute Gasteiger partial charge is 0.241 e. The maximum absolute atomic E-state index is 13.5. The lowest BCUT2D eigenvalue weighted by Gasteiger charge is -2.34. The van der Waals surface area contributed by atoms with Crippen molar-refractivity contribution in [2.75, 3.05) is 25.0 Å². The Kier molecular flexibility index (Phi) is 5.09. The van der Waals surface area contributed by atoms with E-state index >= 15 is 0 Å². The van der Waals surface area contributed by atoms with Crippen molar-refractivity contribution in [1.82, 2.24) is 4.90 Å². The van der Waals surface area contributed by atoms with Crippen molar-refractivity contribution in [3.8, 4) is 0 Å². The molecule has 1 aromatic carbocycles. The Hall–Kier alpha value is -1.46. The Bertz CT molecular complexity index is 459. The summed E-state index contributed by atoms with van der Waals surface area (Å²) < 4.78 is 13.5. The molecule has 1 aliphatic rings. The summed E-state index contributed by atoms with van der Waals surface area (Å²) in [5.41, 5.74) is 0.217. The molecule has 1 amide bonds. The largest absolute Gasteiger partial charge is 0.396 e. The number of piperidine rings is 1. The minimum Gasteiger partial charge on any atom is -0.396 e. The fraction of sp³-hybridized carbons (Fsp3) is 0.533. The first-order chi connectivity index (χ1) is 9.61. The van der Waals surface area contributed by atoms with E-state index in [0.717, 1.165) is 25.9 Å². The zero-order valence-electron chi connectivity index (χ0n) is 11.7. The second-order valence-electron chi connectivity index (χ2n) is 5.31.